The monoisotopic (exact) mass is 294 g/mol. The Morgan fingerprint density at radius 3 is 2.71 bits per heavy atom. The van der Waals surface area contributed by atoms with Crippen LogP contribution in [-0.4, -0.2) is 20.2 Å². The number of tetrazole rings is 1. The van der Waals surface area contributed by atoms with E-state index < -0.39 is 0 Å². The van der Waals surface area contributed by atoms with Crippen LogP contribution in [-0.2, 0) is 6.42 Å². The fourth-order valence-corrected chi connectivity index (χ4v) is 2.78. The molecule has 0 N–H and O–H groups in total. The van der Waals surface area contributed by atoms with Crippen molar-refractivity contribution in [2.75, 3.05) is 0 Å². The van der Waals surface area contributed by atoms with Crippen LogP contribution >= 0.6 is 15.9 Å². The van der Waals surface area contributed by atoms with Gasteiger partial charge in [-0.1, -0.05) is 13.0 Å². The lowest BCUT2D eigenvalue weighted by Gasteiger charge is -2.10. The molecule has 5 heteroatoms. The number of benzene rings is 1. The van der Waals surface area contributed by atoms with Crippen molar-refractivity contribution in [1.29, 1.82) is 0 Å². The maximum absolute atomic E-state index is 4.08. The van der Waals surface area contributed by atoms with Gasteiger partial charge in [-0.25, -0.2) is 0 Å². The van der Waals surface area contributed by atoms with Gasteiger partial charge in [0, 0.05) is 10.9 Å². The minimum Gasteiger partial charge on any atom is -0.196 e. The van der Waals surface area contributed by atoms with Gasteiger partial charge in [0.15, 0.2) is 5.82 Å². The van der Waals surface area contributed by atoms with Crippen molar-refractivity contribution in [2.24, 2.45) is 0 Å². The zero-order valence-corrected chi connectivity index (χ0v) is 11.8. The third kappa shape index (κ3) is 2.39. The Hall–Kier alpha value is -1.23. The number of nitrogens with zero attached hydrogens (tertiary/aromatic N) is 4. The van der Waals surface area contributed by atoms with Crippen LogP contribution in [0.1, 0.15) is 30.3 Å². The van der Waals surface area contributed by atoms with Gasteiger partial charge < -0.3 is 0 Å². The first kappa shape index (κ1) is 12.2. The molecule has 0 aliphatic rings. The van der Waals surface area contributed by atoms with Gasteiger partial charge in [0.2, 0.25) is 0 Å². The fourth-order valence-electron chi connectivity index (χ4n) is 1.94. The molecule has 1 aromatic heterocycles. The number of hydrogen-bond donors (Lipinski definition) is 0. The average Bonchev–Trinajstić information content (AvgIpc) is 2.65. The maximum atomic E-state index is 4.08. The van der Waals surface area contributed by atoms with Gasteiger partial charge in [0.25, 0.3) is 0 Å². The zero-order valence-electron chi connectivity index (χ0n) is 10.2. The lowest BCUT2D eigenvalue weighted by Crippen LogP contribution is -2.06. The van der Waals surface area contributed by atoms with E-state index in [9.17, 15) is 0 Å². The Labute approximate surface area is 109 Å². The molecule has 0 radical (unpaired) electrons. The van der Waals surface area contributed by atoms with Gasteiger partial charge in [-0.05, 0) is 63.8 Å². The fraction of sp³-hybridized carbons (Fsp3) is 0.417. The van der Waals surface area contributed by atoms with E-state index in [-0.39, 0.29) is 0 Å². The van der Waals surface area contributed by atoms with Crippen LogP contribution in [0, 0.1) is 13.8 Å². The molecule has 0 saturated carbocycles. The van der Waals surface area contributed by atoms with Crippen LogP contribution in [0.15, 0.2) is 16.6 Å². The van der Waals surface area contributed by atoms with Crippen LogP contribution in [0.3, 0.4) is 0 Å². The summed E-state index contributed by atoms with van der Waals surface area (Å²) in [5, 5.41) is 11.9. The van der Waals surface area contributed by atoms with Crippen molar-refractivity contribution in [1.82, 2.24) is 20.2 Å². The second-order valence-electron chi connectivity index (χ2n) is 4.17. The summed E-state index contributed by atoms with van der Waals surface area (Å²) in [6.07, 6.45) is 1.91. The molecule has 2 rings (SSSR count). The molecule has 4 nitrogen and oxygen atoms in total. The van der Waals surface area contributed by atoms with Crippen molar-refractivity contribution in [2.45, 2.75) is 33.6 Å². The molecule has 90 valence electrons. The highest BCUT2D eigenvalue weighted by Crippen LogP contribution is 2.26. The molecule has 1 aromatic carbocycles. The van der Waals surface area contributed by atoms with E-state index in [2.05, 4.69) is 64.4 Å². The summed E-state index contributed by atoms with van der Waals surface area (Å²) < 4.78 is 2.85. The first-order chi connectivity index (χ1) is 8.13. The molecule has 0 amide bonds. The third-order valence-electron chi connectivity index (χ3n) is 2.62. The summed E-state index contributed by atoms with van der Waals surface area (Å²) in [5.41, 5.74) is 3.42. The molecule has 0 spiro atoms. The molecule has 0 atom stereocenters. The van der Waals surface area contributed by atoms with Gasteiger partial charge in [0.05, 0.1) is 5.69 Å². The van der Waals surface area contributed by atoms with Crippen LogP contribution < -0.4 is 0 Å². The number of aryl methyl sites for hydroxylation is 3. The summed E-state index contributed by atoms with van der Waals surface area (Å²) in [6.45, 7) is 6.27. The van der Waals surface area contributed by atoms with Gasteiger partial charge >= 0.3 is 0 Å². The minimum atomic E-state index is 0.882. The molecular formula is C12H15BrN4. The van der Waals surface area contributed by atoms with Crippen molar-refractivity contribution < 1.29 is 0 Å². The molecular weight excluding hydrogens is 280 g/mol. The topological polar surface area (TPSA) is 43.6 Å². The summed E-state index contributed by atoms with van der Waals surface area (Å²) in [4.78, 5) is 0. The molecule has 17 heavy (non-hydrogen) atoms. The average molecular weight is 295 g/mol. The Kier molecular flexibility index (Phi) is 3.57. The number of aromatic nitrogens is 4. The van der Waals surface area contributed by atoms with Crippen LogP contribution in [0.25, 0.3) is 5.69 Å². The van der Waals surface area contributed by atoms with E-state index in [0.29, 0.717) is 0 Å². The summed E-state index contributed by atoms with van der Waals surface area (Å²) in [7, 11) is 0. The summed E-state index contributed by atoms with van der Waals surface area (Å²) in [5.74, 6) is 0.903. The Morgan fingerprint density at radius 2 is 2.06 bits per heavy atom. The highest BCUT2D eigenvalue weighted by atomic mass is 79.9. The van der Waals surface area contributed by atoms with E-state index in [1.54, 1.807) is 0 Å². The van der Waals surface area contributed by atoms with E-state index in [1.807, 2.05) is 4.68 Å². The Bertz CT molecular complexity index is 510. The predicted molar refractivity (Wildman–Crippen MR) is 70.3 cm³/mol. The normalized spacial score (nSPS) is 10.8. The lowest BCUT2D eigenvalue weighted by molar-refractivity contribution is 0.739. The molecule has 0 aliphatic heterocycles. The smallest absolute Gasteiger partial charge is 0.156 e. The molecule has 1 heterocycles. The predicted octanol–water partition coefficient (Wildman–Crippen LogP) is 2.99. The minimum absolute atomic E-state index is 0.882. The third-order valence-corrected chi connectivity index (χ3v) is 3.22. The second kappa shape index (κ2) is 4.96. The molecule has 0 fully saturated rings. The SMILES string of the molecule is CCCc1nnnn1-c1c(C)cc(C)cc1Br. The van der Waals surface area contributed by atoms with Crippen LogP contribution in [0.2, 0.25) is 0 Å². The number of rotatable bonds is 3. The number of hydrogen-bond acceptors (Lipinski definition) is 3. The Balaban J connectivity index is 2.56. The van der Waals surface area contributed by atoms with E-state index in [1.165, 1.54) is 11.1 Å². The molecule has 0 bridgehead atoms. The van der Waals surface area contributed by atoms with Gasteiger partial charge in [-0.2, -0.15) is 4.68 Å². The van der Waals surface area contributed by atoms with E-state index in [4.69, 9.17) is 0 Å². The van der Waals surface area contributed by atoms with E-state index >= 15 is 0 Å². The standard InChI is InChI=1S/C12H15BrN4/c1-4-5-11-14-15-16-17(11)12-9(3)6-8(2)7-10(12)13/h6-7H,4-5H2,1-3H3. The quantitative estimate of drug-likeness (QED) is 0.874. The van der Waals surface area contributed by atoms with Crippen LogP contribution in [0.4, 0.5) is 0 Å². The van der Waals surface area contributed by atoms with Crippen molar-refractivity contribution in [3.8, 4) is 5.69 Å². The van der Waals surface area contributed by atoms with Crippen molar-refractivity contribution in [3.63, 3.8) is 0 Å². The van der Waals surface area contributed by atoms with Crippen LogP contribution in [0.5, 0.6) is 0 Å². The van der Waals surface area contributed by atoms with Gasteiger partial charge in [0.1, 0.15) is 0 Å². The van der Waals surface area contributed by atoms with Gasteiger partial charge in [-0.3, -0.25) is 0 Å². The molecule has 0 unspecified atom stereocenters. The van der Waals surface area contributed by atoms with Gasteiger partial charge in [-0.15, -0.1) is 5.10 Å². The molecule has 0 saturated heterocycles. The first-order valence-electron chi connectivity index (χ1n) is 5.68. The highest BCUT2D eigenvalue weighted by molar-refractivity contribution is 9.10. The Morgan fingerprint density at radius 1 is 1.29 bits per heavy atom. The zero-order chi connectivity index (χ0) is 12.4. The number of halogens is 1. The van der Waals surface area contributed by atoms with E-state index in [0.717, 1.165) is 28.8 Å². The highest BCUT2D eigenvalue weighted by Gasteiger charge is 2.13. The maximum Gasteiger partial charge on any atom is 0.156 e. The second-order valence-corrected chi connectivity index (χ2v) is 5.02. The first-order valence-corrected chi connectivity index (χ1v) is 6.47. The summed E-state index contributed by atoms with van der Waals surface area (Å²) >= 11 is 3.59. The largest absolute Gasteiger partial charge is 0.196 e. The molecule has 0 aliphatic carbocycles. The molecule has 2 aromatic rings. The van der Waals surface area contributed by atoms with Crippen molar-refractivity contribution >= 4 is 15.9 Å². The summed E-state index contributed by atoms with van der Waals surface area (Å²) in [6, 6.07) is 4.22. The lowest BCUT2D eigenvalue weighted by atomic mass is 10.1. The van der Waals surface area contributed by atoms with Crippen molar-refractivity contribution in [3.05, 3.63) is 33.6 Å².